The maximum absolute atomic E-state index is 11.2. The number of hydrogen-bond donors (Lipinski definition) is 2. The molecule has 2 N–H and O–H groups in total. The minimum Gasteiger partial charge on any atom is -0.497 e. The van der Waals surface area contributed by atoms with E-state index >= 15 is 0 Å². The molecule has 2 aromatic carbocycles. The van der Waals surface area contributed by atoms with Crippen molar-refractivity contribution < 1.29 is 14.9 Å². The van der Waals surface area contributed by atoms with E-state index in [0.29, 0.717) is 25.0 Å². The van der Waals surface area contributed by atoms with E-state index < -0.39 is 5.60 Å². The number of aliphatic hydroxyl groups is 2. The van der Waals surface area contributed by atoms with Crippen molar-refractivity contribution >= 4 is 0 Å². The SMILES string of the molecule is CCC(O)(CCCO)c1cc(-c2ccc(OC)cc2)n(-c2ccc(C)cc2)n1. The molecular formula is C23H28N2O3. The van der Waals surface area contributed by atoms with Gasteiger partial charge in [0.15, 0.2) is 0 Å². The molecule has 1 heterocycles. The standard InChI is InChI=1S/C23H28N2O3/c1-4-23(27,14-5-15-26)22-16-21(18-8-12-20(28-3)13-9-18)25(24-22)19-10-6-17(2)7-11-19/h6-13,16,26-27H,4-5,14-15H2,1-3H3. The van der Waals surface area contributed by atoms with Gasteiger partial charge >= 0.3 is 0 Å². The Morgan fingerprint density at radius 3 is 2.32 bits per heavy atom. The number of rotatable bonds is 8. The van der Waals surface area contributed by atoms with Crippen LogP contribution in [0.25, 0.3) is 16.9 Å². The van der Waals surface area contributed by atoms with Crippen LogP contribution in [0.15, 0.2) is 54.6 Å². The fourth-order valence-electron chi connectivity index (χ4n) is 3.32. The number of ether oxygens (including phenoxy) is 1. The predicted octanol–water partition coefficient (Wildman–Crippen LogP) is 4.23. The highest BCUT2D eigenvalue weighted by molar-refractivity contribution is 5.64. The lowest BCUT2D eigenvalue weighted by molar-refractivity contribution is 0.0125. The number of benzene rings is 2. The molecule has 1 atom stereocenters. The molecule has 0 aliphatic heterocycles. The van der Waals surface area contributed by atoms with E-state index in [9.17, 15) is 10.2 Å². The van der Waals surface area contributed by atoms with Crippen molar-refractivity contribution in [2.45, 2.75) is 38.7 Å². The predicted molar refractivity (Wildman–Crippen MR) is 111 cm³/mol. The molecule has 0 saturated heterocycles. The Hall–Kier alpha value is -2.63. The minimum absolute atomic E-state index is 0.0479. The molecule has 0 radical (unpaired) electrons. The van der Waals surface area contributed by atoms with Crippen LogP contribution in [0.2, 0.25) is 0 Å². The van der Waals surface area contributed by atoms with Crippen molar-refractivity contribution in [3.63, 3.8) is 0 Å². The highest BCUT2D eigenvalue weighted by Gasteiger charge is 2.31. The second-order valence-corrected chi connectivity index (χ2v) is 7.10. The zero-order chi connectivity index (χ0) is 20.1. The van der Waals surface area contributed by atoms with E-state index in [1.54, 1.807) is 7.11 Å². The number of hydrogen-bond acceptors (Lipinski definition) is 4. The van der Waals surface area contributed by atoms with Crippen LogP contribution in [0.5, 0.6) is 5.75 Å². The third-order valence-electron chi connectivity index (χ3n) is 5.18. The Morgan fingerprint density at radius 1 is 1.07 bits per heavy atom. The Labute approximate surface area is 166 Å². The van der Waals surface area contributed by atoms with Gasteiger partial charge in [-0.15, -0.1) is 0 Å². The molecule has 0 fully saturated rings. The van der Waals surface area contributed by atoms with Crippen LogP contribution in [-0.4, -0.2) is 33.7 Å². The van der Waals surface area contributed by atoms with Gasteiger partial charge in [-0.05, 0) is 68.7 Å². The second-order valence-electron chi connectivity index (χ2n) is 7.10. The average Bonchev–Trinajstić information content (AvgIpc) is 3.18. The van der Waals surface area contributed by atoms with Crippen LogP contribution < -0.4 is 4.74 Å². The van der Waals surface area contributed by atoms with Gasteiger partial charge in [-0.2, -0.15) is 5.10 Å². The second kappa shape index (κ2) is 8.59. The topological polar surface area (TPSA) is 67.5 Å². The van der Waals surface area contributed by atoms with E-state index in [4.69, 9.17) is 9.84 Å². The summed E-state index contributed by atoms with van der Waals surface area (Å²) in [4.78, 5) is 0. The normalized spacial score (nSPS) is 13.3. The molecule has 0 aliphatic rings. The smallest absolute Gasteiger partial charge is 0.118 e. The molecule has 5 nitrogen and oxygen atoms in total. The summed E-state index contributed by atoms with van der Waals surface area (Å²) in [6.45, 7) is 4.04. The lowest BCUT2D eigenvalue weighted by Gasteiger charge is -2.24. The molecular weight excluding hydrogens is 352 g/mol. The lowest BCUT2D eigenvalue weighted by atomic mass is 9.90. The van der Waals surface area contributed by atoms with E-state index in [0.717, 1.165) is 22.7 Å². The highest BCUT2D eigenvalue weighted by Crippen LogP contribution is 2.34. The first-order valence-corrected chi connectivity index (χ1v) is 9.66. The molecule has 0 saturated carbocycles. The largest absolute Gasteiger partial charge is 0.497 e. The third kappa shape index (κ3) is 4.11. The zero-order valence-corrected chi connectivity index (χ0v) is 16.7. The van der Waals surface area contributed by atoms with Gasteiger partial charge in [0.25, 0.3) is 0 Å². The van der Waals surface area contributed by atoms with Crippen LogP contribution in [0, 0.1) is 6.92 Å². The molecule has 148 valence electrons. The fraction of sp³-hybridized carbons (Fsp3) is 0.348. The molecule has 0 aliphatic carbocycles. The summed E-state index contributed by atoms with van der Waals surface area (Å²) >= 11 is 0. The number of aromatic nitrogens is 2. The van der Waals surface area contributed by atoms with Crippen molar-refractivity contribution in [1.29, 1.82) is 0 Å². The van der Waals surface area contributed by atoms with Crippen LogP contribution in [0.4, 0.5) is 0 Å². The molecule has 0 bridgehead atoms. The van der Waals surface area contributed by atoms with Crippen LogP contribution >= 0.6 is 0 Å². The summed E-state index contributed by atoms with van der Waals surface area (Å²) in [5, 5.41) is 25.2. The Morgan fingerprint density at radius 2 is 1.75 bits per heavy atom. The number of nitrogens with zero attached hydrogens (tertiary/aromatic N) is 2. The summed E-state index contributed by atoms with van der Waals surface area (Å²) < 4.78 is 7.14. The molecule has 5 heteroatoms. The summed E-state index contributed by atoms with van der Waals surface area (Å²) in [5.74, 6) is 0.790. The van der Waals surface area contributed by atoms with Gasteiger partial charge < -0.3 is 14.9 Å². The highest BCUT2D eigenvalue weighted by atomic mass is 16.5. The van der Waals surface area contributed by atoms with Gasteiger partial charge in [0.05, 0.1) is 24.2 Å². The van der Waals surface area contributed by atoms with Gasteiger partial charge in [-0.1, -0.05) is 24.6 Å². The quantitative estimate of drug-likeness (QED) is 0.614. The molecule has 1 aromatic heterocycles. The van der Waals surface area contributed by atoms with E-state index in [1.807, 2.05) is 73.1 Å². The first-order valence-electron chi connectivity index (χ1n) is 9.66. The Balaban J connectivity index is 2.12. The maximum Gasteiger partial charge on any atom is 0.118 e. The number of aliphatic hydroxyl groups excluding tert-OH is 1. The lowest BCUT2D eigenvalue weighted by Crippen LogP contribution is -2.26. The van der Waals surface area contributed by atoms with E-state index in [1.165, 1.54) is 5.56 Å². The molecule has 28 heavy (non-hydrogen) atoms. The van der Waals surface area contributed by atoms with Gasteiger partial charge in [-0.3, -0.25) is 0 Å². The number of aryl methyl sites for hydroxylation is 1. The van der Waals surface area contributed by atoms with Crippen molar-refractivity contribution in [3.8, 4) is 22.7 Å². The first-order chi connectivity index (χ1) is 13.5. The fourth-order valence-corrected chi connectivity index (χ4v) is 3.32. The minimum atomic E-state index is -1.07. The first kappa shape index (κ1) is 20.1. The van der Waals surface area contributed by atoms with Crippen molar-refractivity contribution in [3.05, 3.63) is 65.9 Å². The van der Waals surface area contributed by atoms with Crippen LogP contribution in [0.3, 0.4) is 0 Å². The van der Waals surface area contributed by atoms with Crippen LogP contribution in [-0.2, 0) is 5.60 Å². The summed E-state index contributed by atoms with van der Waals surface area (Å²) in [6.07, 6.45) is 1.52. The van der Waals surface area contributed by atoms with Crippen LogP contribution in [0.1, 0.15) is 37.4 Å². The van der Waals surface area contributed by atoms with Gasteiger partial charge in [0.2, 0.25) is 0 Å². The van der Waals surface area contributed by atoms with E-state index in [2.05, 4.69) is 0 Å². The molecule has 0 amide bonds. The molecule has 3 rings (SSSR count). The summed E-state index contributed by atoms with van der Waals surface area (Å²) in [6, 6.07) is 17.9. The van der Waals surface area contributed by atoms with Crippen molar-refractivity contribution in [1.82, 2.24) is 9.78 Å². The molecule has 3 aromatic rings. The van der Waals surface area contributed by atoms with Crippen molar-refractivity contribution in [2.75, 3.05) is 13.7 Å². The summed E-state index contributed by atoms with van der Waals surface area (Å²) in [5.41, 5.74) is 3.55. The van der Waals surface area contributed by atoms with Crippen molar-refractivity contribution in [2.24, 2.45) is 0 Å². The molecule has 0 spiro atoms. The summed E-state index contributed by atoms with van der Waals surface area (Å²) in [7, 11) is 1.65. The number of methoxy groups -OCH3 is 1. The maximum atomic E-state index is 11.2. The average molecular weight is 380 g/mol. The Kier molecular flexibility index (Phi) is 6.17. The van der Waals surface area contributed by atoms with Gasteiger partial charge in [0.1, 0.15) is 11.4 Å². The van der Waals surface area contributed by atoms with Gasteiger partial charge in [0, 0.05) is 12.2 Å². The van der Waals surface area contributed by atoms with Gasteiger partial charge in [-0.25, -0.2) is 4.68 Å². The zero-order valence-electron chi connectivity index (χ0n) is 16.7. The van der Waals surface area contributed by atoms with E-state index in [-0.39, 0.29) is 6.61 Å². The molecule has 1 unspecified atom stereocenters. The monoisotopic (exact) mass is 380 g/mol. The Bertz CT molecular complexity index is 901. The third-order valence-corrected chi connectivity index (χ3v) is 5.18.